The molecule has 0 radical (unpaired) electrons. The minimum atomic E-state index is -3.56. The number of hydrogen-bond acceptors (Lipinski definition) is 10. The van der Waals surface area contributed by atoms with Crippen LogP contribution in [0.2, 0.25) is 0 Å². The second-order valence-electron chi connectivity index (χ2n) is 10.9. The van der Waals surface area contributed by atoms with Crippen molar-refractivity contribution in [2.45, 2.75) is 70.0 Å². The number of aliphatic hydroxyl groups is 2. The van der Waals surface area contributed by atoms with Crippen molar-refractivity contribution in [3.8, 4) is 0 Å². The lowest BCUT2D eigenvalue weighted by Crippen LogP contribution is -2.36. The molecule has 5 N–H and O–H groups in total. The van der Waals surface area contributed by atoms with Crippen molar-refractivity contribution in [3.63, 3.8) is 0 Å². The molecule has 38 heavy (non-hydrogen) atoms. The number of imidazole rings is 2. The van der Waals surface area contributed by atoms with Crippen LogP contribution in [-0.2, 0) is 26.4 Å². The number of anilines is 1. The molecule has 1 fully saturated rings. The second kappa shape index (κ2) is 9.88. The molecule has 0 aliphatic carbocycles. The number of unbranched alkanes of at least 4 members (excludes halogenated alkanes) is 1. The van der Waals surface area contributed by atoms with E-state index >= 15 is 0 Å². The number of aliphatic hydroxyl groups excluding tert-OH is 2. The zero-order chi connectivity index (χ0) is 27.2. The molecule has 0 amide bonds. The number of ether oxygens (including phenoxy) is 1. The van der Waals surface area contributed by atoms with Crippen molar-refractivity contribution in [2.24, 2.45) is 0 Å². The number of hydrogen-bond donors (Lipinski definition) is 4. The molecule has 1 aliphatic rings. The molecule has 12 nitrogen and oxygen atoms in total. The molecular weight excluding hydrogens is 510 g/mol. The Labute approximate surface area is 220 Å². The number of sulfone groups is 1. The number of benzene rings is 1. The fraction of sp³-hybridized carbons (Fsp3) is 0.520. The van der Waals surface area contributed by atoms with Gasteiger partial charge in [0.2, 0.25) is 0 Å². The summed E-state index contributed by atoms with van der Waals surface area (Å²) in [5, 5.41) is 21.1. The smallest absolute Gasteiger partial charge is 0.167 e. The summed E-state index contributed by atoms with van der Waals surface area (Å²) in [4.78, 5) is 20.1. The molecule has 4 unspecified atom stereocenters. The first-order chi connectivity index (χ1) is 17.9. The molecule has 0 spiro atoms. The highest BCUT2D eigenvalue weighted by Gasteiger charge is 2.45. The fourth-order valence-electron chi connectivity index (χ4n) is 4.75. The predicted octanol–water partition coefficient (Wildman–Crippen LogP) is 1.64. The molecule has 4 atom stereocenters. The van der Waals surface area contributed by atoms with E-state index in [0.29, 0.717) is 30.4 Å². The second-order valence-corrected chi connectivity index (χ2v) is 13.1. The first kappa shape index (κ1) is 26.5. The Morgan fingerprint density at radius 3 is 2.68 bits per heavy atom. The molecule has 1 saturated heterocycles. The zero-order valence-electron chi connectivity index (χ0n) is 21.6. The summed E-state index contributed by atoms with van der Waals surface area (Å²) in [6.07, 6.45) is -0.594. The van der Waals surface area contributed by atoms with Crippen molar-refractivity contribution >= 4 is 37.9 Å². The number of nitrogen functional groups attached to an aromatic ring is 1. The van der Waals surface area contributed by atoms with E-state index < -0.39 is 40.1 Å². The molecule has 13 heteroatoms. The van der Waals surface area contributed by atoms with Crippen LogP contribution in [0.1, 0.15) is 51.2 Å². The molecule has 0 bridgehead atoms. The van der Waals surface area contributed by atoms with E-state index in [9.17, 15) is 18.6 Å². The third-order valence-electron chi connectivity index (χ3n) is 6.93. The van der Waals surface area contributed by atoms with Crippen molar-refractivity contribution < 1.29 is 23.4 Å². The highest BCUT2D eigenvalue weighted by atomic mass is 32.2. The standard InChI is InChI=1S/C25H33N7O5S/c1-25(2,3)14-7-8-15-16(10-14)31-18(30-15)6-4-5-9-38(35,36)11-17-20(33)21(34)24(37-17)32-13-29-19-22(26)27-12-28-23(19)32/h7-8,10,12-13,17,20-21,24,33-34H,4-6,9,11H2,1-3H3,(H,30,31)(H2,26,27,28). The lowest BCUT2D eigenvalue weighted by atomic mass is 9.87. The maximum Gasteiger partial charge on any atom is 0.167 e. The van der Waals surface area contributed by atoms with Gasteiger partial charge in [0, 0.05) is 6.42 Å². The minimum absolute atomic E-state index is 0.0371. The van der Waals surface area contributed by atoms with Gasteiger partial charge >= 0.3 is 0 Å². The first-order valence-electron chi connectivity index (χ1n) is 12.6. The fourth-order valence-corrected chi connectivity index (χ4v) is 6.34. The van der Waals surface area contributed by atoms with E-state index in [0.717, 1.165) is 16.9 Å². The topological polar surface area (TPSA) is 182 Å². The number of fused-ring (bicyclic) bond motifs is 2. The van der Waals surface area contributed by atoms with Crippen molar-refractivity contribution in [1.29, 1.82) is 0 Å². The van der Waals surface area contributed by atoms with Crippen LogP contribution in [0.25, 0.3) is 22.2 Å². The Hall–Kier alpha value is -3.13. The number of H-pyrrole nitrogens is 1. The number of aromatic amines is 1. The molecule has 204 valence electrons. The Balaban J connectivity index is 1.17. The average Bonchev–Trinajstić information content (AvgIpc) is 3.53. The Bertz CT molecular complexity index is 1560. The lowest BCUT2D eigenvalue weighted by Gasteiger charge is -2.18. The molecule has 3 aromatic heterocycles. The molecule has 0 saturated carbocycles. The van der Waals surface area contributed by atoms with Crippen LogP contribution in [-0.4, -0.2) is 77.9 Å². The van der Waals surface area contributed by atoms with Gasteiger partial charge < -0.3 is 25.7 Å². The van der Waals surface area contributed by atoms with E-state index in [1.807, 2.05) is 6.07 Å². The number of nitrogens with zero attached hydrogens (tertiary/aromatic N) is 5. The monoisotopic (exact) mass is 543 g/mol. The van der Waals surface area contributed by atoms with Gasteiger partial charge in [-0.2, -0.15) is 0 Å². The summed E-state index contributed by atoms with van der Waals surface area (Å²) in [6, 6.07) is 6.20. The third-order valence-corrected chi connectivity index (χ3v) is 8.68. The van der Waals surface area contributed by atoms with Gasteiger partial charge in [-0.3, -0.25) is 4.57 Å². The van der Waals surface area contributed by atoms with Crippen molar-refractivity contribution in [3.05, 3.63) is 42.2 Å². The van der Waals surface area contributed by atoms with Gasteiger partial charge in [-0.15, -0.1) is 0 Å². The summed E-state index contributed by atoms with van der Waals surface area (Å²) in [7, 11) is -3.56. The van der Waals surface area contributed by atoms with Crippen LogP contribution in [0, 0.1) is 0 Å². The van der Waals surface area contributed by atoms with Crippen molar-refractivity contribution in [1.82, 2.24) is 29.5 Å². The summed E-state index contributed by atoms with van der Waals surface area (Å²) in [5.41, 5.74) is 9.57. The predicted molar refractivity (Wildman–Crippen MR) is 142 cm³/mol. The van der Waals surface area contributed by atoms with E-state index in [-0.39, 0.29) is 17.0 Å². The van der Waals surface area contributed by atoms with Gasteiger partial charge in [-0.05, 0) is 36.0 Å². The van der Waals surface area contributed by atoms with Gasteiger partial charge in [0.05, 0.1) is 28.9 Å². The Morgan fingerprint density at radius 1 is 1.13 bits per heavy atom. The first-order valence-corrected chi connectivity index (χ1v) is 14.4. The SMILES string of the molecule is CC(C)(C)c1ccc2nc(CCCCS(=O)(=O)CC3OC(n4cnc5c(N)ncnc54)C(O)C3O)[nH]c2c1. The molecule has 1 aromatic carbocycles. The van der Waals surface area contributed by atoms with Gasteiger partial charge in [0.1, 0.15) is 36.0 Å². The van der Waals surface area contributed by atoms with E-state index in [2.05, 4.69) is 57.8 Å². The molecule has 4 heterocycles. The maximum atomic E-state index is 12.8. The number of aryl methyl sites for hydroxylation is 1. The van der Waals surface area contributed by atoms with Crippen molar-refractivity contribution in [2.75, 3.05) is 17.2 Å². The molecule has 4 aromatic rings. The molecule has 1 aliphatic heterocycles. The largest absolute Gasteiger partial charge is 0.387 e. The summed E-state index contributed by atoms with van der Waals surface area (Å²) in [6.45, 7) is 6.48. The quantitative estimate of drug-likeness (QED) is 0.238. The molecular formula is C25H33N7O5S. The number of rotatable bonds is 8. The number of nitrogens with two attached hydrogens (primary N) is 1. The maximum absolute atomic E-state index is 12.8. The minimum Gasteiger partial charge on any atom is -0.387 e. The zero-order valence-corrected chi connectivity index (χ0v) is 22.4. The van der Waals surface area contributed by atoms with Gasteiger partial charge in [-0.25, -0.2) is 28.4 Å². The van der Waals surface area contributed by atoms with Gasteiger partial charge in [0.25, 0.3) is 0 Å². The van der Waals surface area contributed by atoms with Crippen LogP contribution < -0.4 is 5.73 Å². The Morgan fingerprint density at radius 2 is 1.92 bits per heavy atom. The van der Waals surface area contributed by atoms with Crippen LogP contribution in [0.4, 0.5) is 5.82 Å². The summed E-state index contributed by atoms with van der Waals surface area (Å²) in [5.74, 6) is 0.511. The van der Waals surface area contributed by atoms with E-state index in [4.69, 9.17) is 10.5 Å². The summed E-state index contributed by atoms with van der Waals surface area (Å²) < 4.78 is 32.8. The highest BCUT2D eigenvalue weighted by Crippen LogP contribution is 2.33. The lowest BCUT2D eigenvalue weighted by molar-refractivity contribution is -0.0292. The van der Waals surface area contributed by atoms with Crippen LogP contribution in [0.3, 0.4) is 0 Å². The number of aromatic nitrogens is 6. The van der Waals surface area contributed by atoms with Gasteiger partial charge in [0.15, 0.2) is 27.5 Å². The van der Waals surface area contributed by atoms with Gasteiger partial charge in [-0.1, -0.05) is 26.8 Å². The van der Waals surface area contributed by atoms with Crippen LogP contribution in [0.5, 0.6) is 0 Å². The Kier molecular flexibility index (Phi) is 6.88. The normalized spacial score (nSPS) is 22.6. The summed E-state index contributed by atoms with van der Waals surface area (Å²) >= 11 is 0. The van der Waals surface area contributed by atoms with E-state index in [1.54, 1.807) is 0 Å². The number of nitrogens with one attached hydrogen (secondary N) is 1. The highest BCUT2D eigenvalue weighted by molar-refractivity contribution is 7.91. The van der Waals surface area contributed by atoms with Crippen LogP contribution >= 0.6 is 0 Å². The third kappa shape index (κ3) is 5.23. The van der Waals surface area contributed by atoms with Crippen LogP contribution in [0.15, 0.2) is 30.9 Å². The molecule has 5 rings (SSSR count). The average molecular weight is 544 g/mol. The van der Waals surface area contributed by atoms with E-state index in [1.165, 1.54) is 22.8 Å².